The van der Waals surface area contributed by atoms with E-state index in [1.54, 1.807) is 23.1 Å². The number of likely N-dealkylation sites (tertiary alicyclic amines) is 1. The number of nitro benzene ring substituents is 1. The number of carbonyl (C=O) groups is 1. The molecule has 0 unspecified atom stereocenters. The Morgan fingerprint density at radius 2 is 1.96 bits per heavy atom. The Bertz CT molecular complexity index is 835. The molecule has 3 rings (SSSR count). The lowest BCUT2D eigenvalue weighted by Crippen LogP contribution is -2.39. The van der Waals surface area contributed by atoms with Crippen LogP contribution < -0.4 is 0 Å². The molecule has 0 spiro atoms. The Morgan fingerprint density at radius 3 is 2.62 bits per heavy atom. The molecule has 136 valence electrons. The number of carbonyl (C=O) groups excluding carboxylic acids is 1. The van der Waals surface area contributed by atoms with Crippen molar-refractivity contribution in [2.45, 2.75) is 19.3 Å². The second kappa shape index (κ2) is 8.11. The van der Waals surface area contributed by atoms with Gasteiger partial charge in [0.15, 0.2) is 0 Å². The van der Waals surface area contributed by atoms with Crippen molar-refractivity contribution in [1.82, 2.24) is 4.90 Å². The summed E-state index contributed by atoms with van der Waals surface area (Å²) in [6, 6.07) is 11.0. The lowest BCUT2D eigenvalue weighted by Gasteiger charge is -2.32. The molecular formula is C19H18FIN2O3. The molecular weight excluding hydrogens is 450 g/mol. The number of rotatable bonds is 4. The molecule has 26 heavy (non-hydrogen) atoms. The van der Waals surface area contributed by atoms with E-state index in [1.165, 1.54) is 18.2 Å². The van der Waals surface area contributed by atoms with Crippen LogP contribution in [-0.2, 0) is 6.42 Å². The van der Waals surface area contributed by atoms with E-state index in [4.69, 9.17) is 0 Å². The number of nitrogens with zero attached hydrogens (tertiary/aromatic N) is 2. The van der Waals surface area contributed by atoms with E-state index < -0.39 is 4.92 Å². The molecule has 2 aromatic carbocycles. The van der Waals surface area contributed by atoms with Crippen molar-refractivity contribution in [2.75, 3.05) is 13.1 Å². The zero-order valence-corrected chi connectivity index (χ0v) is 16.2. The Balaban J connectivity index is 1.63. The Kier molecular flexibility index (Phi) is 5.85. The molecule has 7 heteroatoms. The van der Waals surface area contributed by atoms with Crippen LogP contribution in [0.5, 0.6) is 0 Å². The summed E-state index contributed by atoms with van der Waals surface area (Å²) in [4.78, 5) is 25.0. The molecule has 0 radical (unpaired) electrons. The van der Waals surface area contributed by atoms with Gasteiger partial charge >= 0.3 is 0 Å². The first-order valence-corrected chi connectivity index (χ1v) is 9.49. The Hall–Kier alpha value is -2.03. The molecule has 0 aliphatic carbocycles. The van der Waals surface area contributed by atoms with Gasteiger partial charge in [-0.1, -0.05) is 12.1 Å². The summed E-state index contributed by atoms with van der Waals surface area (Å²) in [7, 11) is 0. The predicted molar refractivity (Wildman–Crippen MR) is 105 cm³/mol. The average Bonchev–Trinajstić information content (AvgIpc) is 2.62. The van der Waals surface area contributed by atoms with Crippen molar-refractivity contribution in [3.8, 4) is 0 Å². The molecule has 1 fully saturated rings. The van der Waals surface area contributed by atoms with Gasteiger partial charge in [0.2, 0.25) is 0 Å². The molecule has 5 nitrogen and oxygen atoms in total. The van der Waals surface area contributed by atoms with Crippen LogP contribution in [0.25, 0.3) is 0 Å². The lowest BCUT2D eigenvalue weighted by atomic mass is 9.90. The lowest BCUT2D eigenvalue weighted by molar-refractivity contribution is -0.384. The van der Waals surface area contributed by atoms with Crippen LogP contribution in [-0.4, -0.2) is 28.8 Å². The first kappa shape index (κ1) is 18.8. The smallest absolute Gasteiger partial charge is 0.270 e. The highest BCUT2D eigenvalue weighted by atomic mass is 127. The molecule has 0 bridgehead atoms. The van der Waals surface area contributed by atoms with Gasteiger partial charge in [0.1, 0.15) is 5.82 Å². The number of nitro groups is 1. The van der Waals surface area contributed by atoms with Crippen LogP contribution in [0.3, 0.4) is 0 Å². The highest BCUT2D eigenvalue weighted by Crippen LogP contribution is 2.26. The third-order valence-electron chi connectivity index (χ3n) is 4.71. The zero-order chi connectivity index (χ0) is 18.7. The fraction of sp³-hybridized carbons (Fsp3) is 0.316. The second-order valence-electron chi connectivity index (χ2n) is 6.49. The normalized spacial score (nSPS) is 15.1. The van der Waals surface area contributed by atoms with Gasteiger partial charge in [-0.25, -0.2) is 4.39 Å². The van der Waals surface area contributed by atoms with Gasteiger partial charge in [-0.3, -0.25) is 14.9 Å². The molecule has 1 amide bonds. The molecule has 1 saturated heterocycles. The summed E-state index contributed by atoms with van der Waals surface area (Å²) < 4.78 is 14.0. The van der Waals surface area contributed by atoms with E-state index in [1.807, 2.05) is 28.7 Å². The number of piperidine rings is 1. The molecule has 1 aliphatic rings. The van der Waals surface area contributed by atoms with Gasteiger partial charge in [-0.05, 0) is 71.5 Å². The van der Waals surface area contributed by atoms with Crippen molar-refractivity contribution in [3.05, 3.63) is 73.1 Å². The summed E-state index contributed by atoms with van der Waals surface area (Å²) in [5, 5.41) is 11.0. The van der Waals surface area contributed by atoms with Crippen LogP contribution in [0.4, 0.5) is 10.1 Å². The van der Waals surface area contributed by atoms with E-state index in [0.717, 1.165) is 24.8 Å². The zero-order valence-electron chi connectivity index (χ0n) is 14.0. The van der Waals surface area contributed by atoms with E-state index in [9.17, 15) is 19.3 Å². The number of amides is 1. The first-order chi connectivity index (χ1) is 12.4. The fourth-order valence-corrected chi connectivity index (χ4v) is 3.86. The van der Waals surface area contributed by atoms with Gasteiger partial charge < -0.3 is 4.90 Å². The van der Waals surface area contributed by atoms with E-state index in [-0.39, 0.29) is 17.4 Å². The minimum absolute atomic E-state index is 0.0743. The highest BCUT2D eigenvalue weighted by Gasteiger charge is 2.26. The van der Waals surface area contributed by atoms with Crippen molar-refractivity contribution in [2.24, 2.45) is 5.92 Å². The predicted octanol–water partition coefficient (Wildman–Crippen LogP) is 4.43. The third kappa shape index (κ3) is 4.38. The summed E-state index contributed by atoms with van der Waals surface area (Å²) in [6.07, 6.45) is 2.48. The van der Waals surface area contributed by atoms with Crippen LogP contribution in [0, 0.1) is 25.4 Å². The Morgan fingerprint density at radius 1 is 1.23 bits per heavy atom. The maximum Gasteiger partial charge on any atom is 0.270 e. The largest absolute Gasteiger partial charge is 0.339 e. The van der Waals surface area contributed by atoms with Crippen LogP contribution in [0.15, 0.2) is 42.5 Å². The van der Waals surface area contributed by atoms with Crippen LogP contribution >= 0.6 is 22.6 Å². The van der Waals surface area contributed by atoms with Crippen LogP contribution in [0.1, 0.15) is 28.8 Å². The van der Waals surface area contributed by atoms with Gasteiger partial charge in [0, 0.05) is 28.8 Å². The third-order valence-corrected chi connectivity index (χ3v) is 5.65. The van der Waals surface area contributed by atoms with Gasteiger partial charge in [0.25, 0.3) is 11.6 Å². The second-order valence-corrected chi connectivity index (χ2v) is 7.65. The van der Waals surface area contributed by atoms with E-state index >= 15 is 0 Å². The maximum absolute atomic E-state index is 13.3. The fourth-order valence-electron chi connectivity index (χ4n) is 3.30. The quantitative estimate of drug-likeness (QED) is 0.379. The monoisotopic (exact) mass is 468 g/mol. The van der Waals surface area contributed by atoms with E-state index in [2.05, 4.69) is 0 Å². The molecule has 0 aromatic heterocycles. The molecule has 0 N–H and O–H groups in total. The average molecular weight is 468 g/mol. The van der Waals surface area contributed by atoms with Crippen molar-refractivity contribution >= 4 is 34.2 Å². The standard InChI is InChI=1S/C19H18FIN2O3/c20-15-3-1-2-14(11-15)10-13-6-8-22(9-7-13)19(24)17-12-16(23(25)26)4-5-18(17)21/h1-5,11-13H,6-10H2. The van der Waals surface area contributed by atoms with E-state index in [0.29, 0.717) is 28.1 Å². The van der Waals surface area contributed by atoms with Gasteiger partial charge in [0.05, 0.1) is 10.5 Å². The number of non-ortho nitro benzene ring substituents is 1. The molecule has 2 aromatic rings. The minimum atomic E-state index is -0.488. The maximum atomic E-state index is 13.3. The first-order valence-electron chi connectivity index (χ1n) is 8.41. The summed E-state index contributed by atoms with van der Waals surface area (Å²) in [5.41, 5.74) is 1.28. The highest BCUT2D eigenvalue weighted by molar-refractivity contribution is 14.1. The summed E-state index contributed by atoms with van der Waals surface area (Å²) in [5.74, 6) is 0.0164. The number of benzene rings is 2. The summed E-state index contributed by atoms with van der Waals surface area (Å²) in [6.45, 7) is 1.22. The topological polar surface area (TPSA) is 63.4 Å². The number of halogens is 2. The summed E-state index contributed by atoms with van der Waals surface area (Å²) >= 11 is 2.03. The van der Waals surface area contributed by atoms with Gasteiger partial charge in [-0.2, -0.15) is 0 Å². The molecule has 1 heterocycles. The Labute approximate surface area is 164 Å². The molecule has 0 atom stereocenters. The minimum Gasteiger partial charge on any atom is -0.339 e. The number of hydrogen-bond donors (Lipinski definition) is 0. The van der Waals surface area contributed by atoms with Crippen molar-refractivity contribution in [3.63, 3.8) is 0 Å². The van der Waals surface area contributed by atoms with Gasteiger partial charge in [-0.15, -0.1) is 0 Å². The number of hydrogen-bond acceptors (Lipinski definition) is 3. The molecule has 0 saturated carbocycles. The van der Waals surface area contributed by atoms with Crippen molar-refractivity contribution < 1.29 is 14.1 Å². The van der Waals surface area contributed by atoms with Crippen LogP contribution in [0.2, 0.25) is 0 Å². The van der Waals surface area contributed by atoms with Crippen molar-refractivity contribution in [1.29, 1.82) is 0 Å². The SMILES string of the molecule is O=C(c1cc([N+](=O)[O-])ccc1I)N1CCC(Cc2cccc(F)c2)CC1. The molecule has 1 aliphatic heterocycles.